The number of unbranched alkanes of at least 4 members (excludes halogenated alkanes) is 29. The fourth-order valence-electron chi connectivity index (χ4n) is 6.28. The molecule has 0 saturated heterocycles. The molecular formula is C37H75KO4S. The van der Waals surface area contributed by atoms with Crippen molar-refractivity contribution in [3.8, 4) is 0 Å². The molecular weight excluding hydrogens is 580 g/mol. The van der Waals surface area contributed by atoms with Crippen molar-refractivity contribution in [1.82, 2.24) is 0 Å². The van der Waals surface area contributed by atoms with E-state index in [1.165, 1.54) is 186 Å². The molecule has 4 nitrogen and oxygen atoms in total. The van der Waals surface area contributed by atoms with Crippen LogP contribution in [0.3, 0.4) is 0 Å². The van der Waals surface area contributed by atoms with Gasteiger partial charge in [0, 0.05) is 0 Å². The largest absolute Gasteiger partial charge is 1.00 e. The fraction of sp³-hybridized carbons (Fsp3) is 1.00. The van der Waals surface area contributed by atoms with Gasteiger partial charge >= 0.3 is 51.4 Å². The van der Waals surface area contributed by atoms with Gasteiger partial charge in [0.25, 0.3) is 0 Å². The van der Waals surface area contributed by atoms with Crippen LogP contribution in [0.2, 0.25) is 0 Å². The Morgan fingerprint density at radius 2 is 0.628 bits per heavy atom. The zero-order valence-corrected chi connectivity index (χ0v) is 33.6. The van der Waals surface area contributed by atoms with Gasteiger partial charge in [-0.3, -0.25) is 4.18 Å². The molecule has 1 atom stereocenters. The molecule has 0 aliphatic carbocycles. The van der Waals surface area contributed by atoms with Gasteiger partial charge in [0.1, 0.15) is 0 Å². The summed E-state index contributed by atoms with van der Waals surface area (Å²) in [5.41, 5.74) is 0. The van der Waals surface area contributed by atoms with Crippen molar-refractivity contribution in [2.75, 3.05) is 6.61 Å². The predicted octanol–water partition coefficient (Wildman–Crippen LogP) is 10.00. The molecule has 43 heavy (non-hydrogen) atoms. The number of hydrogen-bond donors (Lipinski definition) is 0. The van der Waals surface area contributed by atoms with Crippen molar-refractivity contribution >= 4 is 10.4 Å². The van der Waals surface area contributed by atoms with Crippen LogP contribution in [0, 0.1) is 5.92 Å². The normalized spacial score (nSPS) is 12.4. The maximum atomic E-state index is 11.0. The average molecular weight is 655 g/mol. The maximum absolute atomic E-state index is 11.0. The summed E-state index contributed by atoms with van der Waals surface area (Å²) in [7, 11) is -4.59. The Labute approximate surface area is 314 Å². The zero-order chi connectivity index (χ0) is 30.8. The summed E-state index contributed by atoms with van der Waals surface area (Å²) in [4.78, 5) is 0. The van der Waals surface area contributed by atoms with Crippen LogP contribution in [0.5, 0.6) is 0 Å². The Hall–Kier alpha value is 1.51. The van der Waals surface area contributed by atoms with Crippen molar-refractivity contribution in [3.63, 3.8) is 0 Å². The summed E-state index contributed by atoms with van der Waals surface area (Å²) < 4.78 is 37.6. The maximum Gasteiger partial charge on any atom is 1.00 e. The molecule has 0 saturated carbocycles. The molecule has 0 N–H and O–H groups in total. The van der Waals surface area contributed by atoms with Crippen LogP contribution in [-0.4, -0.2) is 19.6 Å². The van der Waals surface area contributed by atoms with E-state index in [1.807, 2.05) is 0 Å². The van der Waals surface area contributed by atoms with E-state index in [9.17, 15) is 13.0 Å². The van der Waals surface area contributed by atoms with Gasteiger partial charge < -0.3 is 4.55 Å². The zero-order valence-electron chi connectivity index (χ0n) is 29.7. The van der Waals surface area contributed by atoms with Gasteiger partial charge in [-0.2, -0.15) is 0 Å². The van der Waals surface area contributed by atoms with Crippen molar-refractivity contribution in [2.24, 2.45) is 5.92 Å². The second-order valence-corrected chi connectivity index (χ2v) is 14.4. The summed E-state index contributed by atoms with van der Waals surface area (Å²) in [6, 6.07) is 0. The first-order chi connectivity index (χ1) is 20.5. The minimum atomic E-state index is -4.59. The van der Waals surface area contributed by atoms with Crippen molar-refractivity contribution in [1.29, 1.82) is 0 Å². The molecule has 0 aromatic rings. The third kappa shape index (κ3) is 41.5. The second-order valence-electron chi connectivity index (χ2n) is 13.4. The SMILES string of the molecule is CCCCCCCCCCCCCCCCCCC(CCCCCCCCCCCCCCCCC)COS(=O)(=O)[O-].[K+]. The van der Waals surface area contributed by atoms with Crippen LogP contribution in [-0.2, 0) is 14.6 Å². The predicted molar refractivity (Wildman–Crippen MR) is 183 cm³/mol. The van der Waals surface area contributed by atoms with E-state index in [0.29, 0.717) is 0 Å². The van der Waals surface area contributed by atoms with E-state index in [0.717, 1.165) is 25.7 Å². The first-order valence-electron chi connectivity index (χ1n) is 19.1. The van der Waals surface area contributed by atoms with E-state index in [2.05, 4.69) is 18.0 Å². The van der Waals surface area contributed by atoms with Gasteiger partial charge in [0.2, 0.25) is 10.4 Å². The van der Waals surface area contributed by atoms with Crippen LogP contribution >= 0.6 is 0 Å². The van der Waals surface area contributed by atoms with Crippen LogP contribution in [0.25, 0.3) is 0 Å². The first-order valence-corrected chi connectivity index (χ1v) is 20.4. The van der Waals surface area contributed by atoms with E-state index < -0.39 is 10.4 Å². The Bertz CT molecular complexity index is 614. The molecule has 0 radical (unpaired) electrons. The van der Waals surface area contributed by atoms with Gasteiger partial charge in [-0.05, 0) is 18.8 Å². The fourth-order valence-corrected chi connectivity index (χ4v) is 6.64. The average Bonchev–Trinajstić information content (AvgIpc) is 2.96. The molecule has 1 unspecified atom stereocenters. The Morgan fingerprint density at radius 3 is 0.837 bits per heavy atom. The summed E-state index contributed by atoms with van der Waals surface area (Å²) in [6.07, 6.45) is 43.9. The molecule has 0 aromatic heterocycles. The van der Waals surface area contributed by atoms with Crippen LogP contribution in [0.4, 0.5) is 0 Å². The Kier molecular flexibility index (Phi) is 41.2. The van der Waals surface area contributed by atoms with Gasteiger partial charge in [-0.25, -0.2) is 8.42 Å². The molecule has 0 fully saturated rings. The Balaban J connectivity index is 0. The van der Waals surface area contributed by atoms with E-state index in [4.69, 9.17) is 0 Å². The summed E-state index contributed by atoms with van der Waals surface area (Å²) >= 11 is 0. The van der Waals surface area contributed by atoms with E-state index in [1.54, 1.807) is 0 Å². The molecule has 0 bridgehead atoms. The smallest absolute Gasteiger partial charge is 0.726 e. The van der Waals surface area contributed by atoms with Gasteiger partial charge in [0.05, 0.1) is 6.61 Å². The quantitative estimate of drug-likeness (QED) is 0.0292. The van der Waals surface area contributed by atoms with Crippen molar-refractivity contribution < 1.29 is 68.5 Å². The van der Waals surface area contributed by atoms with E-state index >= 15 is 0 Å². The molecule has 254 valence electrons. The summed E-state index contributed by atoms with van der Waals surface area (Å²) in [6.45, 7) is 4.63. The molecule has 0 aromatic carbocycles. The van der Waals surface area contributed by atoms with Gasteiger partial charge in [0.15, 0.2) is 0 Å². The third-order valence-electron chi connectivity index (χ3n) is 9.13. The van der Waals surface area contributed by atoms with Crippen LogP contribution < -0.4 is 51.4 Å². The third-order valence-corrected chi connectivity index (χ3v) is 9.55. The monoisotopic (exact) mass is 655 g/mol. The second kappa shape index (κ2) is 38.0. The molecule has 0 spiro atoms. The Morgan fingerprint density at radius 1 is 0.419 bits per heavy atom. The van der Waals surface area contributed by atoms with Gasteiger partial charge in [-0.1, -0.05) is 213 Å². The molecule has 0 heterocycles. The molecule has 0 rings (SSSR count). The minimum absolute atomic E-state index is 0. The van der Waals surface area contributed by atoms with E-state index in [-0.39, 0.29) is 63.9 Å². The molecule has 0 aliphatic heterocycles. The van der Waals surface area contributed by atoms with Crippen LogP contribution in [0.15, 0.2) is 0 Å². The topological polar surface area (TPSA) is 66.4 Å². The first kappa shape index (κ1) is 46.6. The summed E-state index contributed by atoms with van der Waals surface area (Å²) in [5.74, 6) is 0.197. The molecule has 6 heteroatoms. The molecule has 0 amide bonds. The van der Waals surface area contributed by atoms with Crippen LogP contribution in [0.1, 0.15) is 226 Å². The number of hydrogen-bond acceptors (Lipinski definition) is 4. The van der Waals surface area contributed by atoms with Gasteiger partial charge in [-0.15, -0.1) is 0 Å². The van der Waals surface area contributed by atoms with Crippen molar-refractivity contribution in [3.05, 3.63) is 0 Å². The number of rotatable bonds is 36. The summed E-state index contributed by atoms with van der Waals surface area (Å²) in [5, 5.41) is 0. The minimum Gasteiger partial charge on any atom is -0.726 e. The van der Waals surface area contributed by atoms with Crippen molar-refractivity contribution in [2.45, 2.75) is 226 Å². The molecule has 0 aliphatic rings. The standard InChI is InChI=1S/C37H76O4S.K/c1-3-5-7-9-11-13-15-17-19-21-23-25-27-29-31-33-35-37(36-41-42(38,39)40)34-32-30-28-26-24-22-20-18-16-14-12-10-8-6-4-2;/h37H,3-36H2,1-2H3,(H,38,39,40);/q;+1/p-1.